The van der Waals surface area contributed by atoms with Crippen LogP contribution in [0.2, 0.25) is 0 Å². The molecule has 1 aliphatic carbocycles. The highest BCUT2D eigenvalue weighted by Crippen LogP contribution is 2.51. The lowest BCUT2D eigenvalue weighted by Crippen LogP contribution is -2.32. The molecule has 0 aromatic heterocycles. The van der Waals surface area contributed by atoms with E-state index in [1.165, 1.54) is 23.0 Å². The average molecular weight is 416 g/mol. The molecule has 0 amide bonds. The third kappa shape index (κ3) is 3.48. The van der Waals surface area contributed by atoms with Crippen molar-refractivity contribution >= 4 is 10.0 Å². The monoisotopic (exact) mass is 415 g/mol. The highest BCUT2D eigenvalue weighted by Gasteiger charge is 2.49. The zero-order chi connectivity index (χ0) is 20.6. The van der Waals surface area contributed by atoms with Crippen LogP contribution in [0, 0.1) is 23.7 Å². The van der Waals surface area contributed by atoms with E-state index in [1.54, 1.807) is 28.6 Å². The summed E-state index contributed by atoms with van der Waals surface area (Å²) in [5, 5.41) is 0. The Balaban J connectivity index is 1.51. The van der Waals surface area contributed by atoms with Crippen LogP contribution in [0.4, 0.5) is 0 Å². The van der Waals surface area contributed by atoms with Crippen LogP contribution in [-0.4, -0.2) is 25.8 Å². The zero-order valence-corrected chi connectivity index (χ0v) is 17.6. The van der Waals surface area contributed by atoms with Gasteiger partial charge in [0.15, 0.2) is 0 Å². The SMILES string of the molecule is O=S(=O)(c1ccccc1)N1CC2[C](c3ccccc3)CC[C](c3ccccc3)C2C1. The quantitative estimate of drug-likeness (QED) is 0.604. The second-order valence-electron chi connectivity index (χ2n) is 8.13. The van der Waals surface area contributed by atoms with Crippen molar-refractivity contribution in [1.82, 2.24) is 4.31 Å². The molecule has 152 valence electrons. The van der Waals surface area contributed by atoms with E-state index in [0.717, 1.165) is 12.8 Å². The van der Waals surface area contributed by atoms with Gasteiger partial charge in [-0.3, -0.25) is 0 Å². The number of hydrogen-bond donors (Lipinski definition) is 0. The number of hydrogen-bond acceptors (Lipinski definition) is 2. The Morgan fingerprint density at radius 1 is 0.600 bits per heavy atom. The maximum absolute atomic E-state index is 13.4. The average Bonchev–Trinajstić information content (AvgIpc) is 3.27. The van der Waals surface area contributed by atoms with E-state index in [0.29, 0.717) is 18.0 Å². The van der Waals surface area contributed by atoms with Gasteiger partial charge >= 0.3 is 0 Å². The van der Waals surface area contributed by atoms with E-state index in [9.17, 15) is 8.42 Å². The molecule has 30 heavy (non-hydrogen) atoms. The van der Waals surface area contributed by atoms with Crippen molar-refractivity contribution < 1.29 is 8.42 Å². The number of fused-ring (bicyclic) bond motifs is 1. The molecule has 5 rings (SSSR count). The molecule has 3 aromatic rings. The largest absolute Gasteiger partial charge is 0.243 e. The van der Waals surface area contributed by atoms with Crippen LogP contribution in [0.25, 0.3) is 0 Å². The molecule has 4 heteroatoms. The third-order valence-electron chi connectivity index (χ3n) is 6.52. The fourth-order valence-corrected chi connectivity index (χ4v) is 6.59. The first-order chi connectivity index (χ1) is 14.6. The van der Waals surface area contributed by atoms with Gasteiger partial charge in [0.2, 0.25) is 10.0 Å². The molecular formula is C26H25NO2S. The molecule has 2 radical (unpaired) electrons. The molecule has 0 N–H and O–H groups in total. The molecule has 0 bridgehead atoms. The number of nitrogens with zero attached hydrogens (tertiary/aromatic N) is 1. The fraction of sp³-hybridized carbons (Fsp3) is 0.231. The van der Waals surface area contributed by atoms with E-state index in [4.69, 9.17) is 0 Å². The first-order valence-corrected chi connectivity index (χ1v) is 12.0. The lowest BCUT2D eigenvalue weighted by atomic mass is 9.64. The van der Waals surface area contributed by atoms with Crippen LogP contribution in [0.5, 0.6) is 0 Å². The van der Waals surface area contributed by atoms with E-state index < -0.39 is 10.0 Å². The normalized spacial score (nSPS) is 23.3. The zero-order valence-electron chi connectivity index (χ0n) is 16.8. The molecule has 1 saturated heterocycles. The summed E-state index contributed by atoms with van der Waals surface area (Å²) in [5.74, 6) is 3.22. The molecule has 2 atom stereocenters. The lowest BCUT2D eigenvalue weighted by molar-refractivity contribution is 0.383. The van der Waals surface area contributed by atoms with Crippen molar-refractivity contribution in [2.45, 2.75) is 17.7 Å². The van der Waals surface area contributed by atoms with Crippen molar-refractivity contribution in [2.75, 3.05) is 13.1 Å². The molecule has 2 fully saturated rings. The van der Waals surface area contributed by atoms with Gasteiger partial charge in [-0.25, -0.2) is 8.42 Å². The number of sulfonamides is 1. The maximum Gasteiger partial charge on any atom is 0.243 e. The summed E-state index contributed by atoms with van der Waals surface area (Å²) in [6.45, 7) is 1.09. The maximum atomic E-state index is 13.4. The van der Waals surface area contributed by atoms with Crippen molar-refractivity contribution in [3.63, 3.8) is 0 Å². The Labute approximate surface area is 179 Å². The third-order valence-corrected chi connectivity index (χ3v) is 8.36. The molecule has 1 heterocycles. The van der Waals surface area contributed by atoms with Gasteiger partial charge in [0, 0.05) is 24.9 Å². The van der Waals surface area contributed by atoms with Gasteiger partial charge in [-0.2, -0.15) is 4.31 Å². The van der Waals surface area contributed by atoms with E-state index >= 15 is 0 Å². The second kappa shape index (κ2) is 8.01. The Kier molecular flexibility index (Phi) is 5.21. The van der Waals surface area contributed by atoms with Crippen LogP contribution in [0.1, 0.15) is 24.0 Å². The Bertz CT molecular complexity index is 1030. The van der Waals surface area contributed by atoms with Crippen LogP contribution in [0.3, 0.4) is 0 Å². The first kappa shape index (κ1) is 19.5. The van der Waals surface area contributed by atoms with Crippen LogP contribution in [-0.2, 0) is 10.0 Å². The van der Waals surface area contributed by atoms with Crippen molar-refractivity contribution in [3.05, 3.63) is 114 Å². The second-order valence-corrected chi connectivity index (χ2v) is 10.1. The van der Waals surface area contributed by atoms with Gasteiger partial charge in [0.05, 0.1) is 4.90 Å². The molecular weight excluding hydrogens is 390 g/mol. The van der Waals surface area contributed by atoms with Gasteiger partial charge < -0.3 is 0 Å². The predicted molar refractivity (Wildman–Crippen MR) is 119 cm³/mol. The van der Waals surface area contributed by atoms with E-state index in [-0.39, 0.29) is 11.8 Å². The standard InChI is InChI=1S/C26H25NO2S/c28-30(29,22-14-8-3-9-15-22)27-18-25-23(20-10-4-1-5-11-20)16-17-24(26(25)19-27)21-12-6-2-7-13-21/h1-15,25-26H,16-19H2. The molecule has 2 unspecified atom stereocenters. The van der Waals surface area contributed by atoms with Crippen LogP contribution < -0.4 is 0 Å². The minimum Gasteiger partial charge on any atom is -0.207 e. The Morgan fingerprint density at radius 2 is 1.00 bits per heavy atom. The molecule has 1 saturated carbocycles. The van der Waals surface area contributed by atoms with E-state index in [1.807, 2.05) is 18.2 Å². The van der Waals surface area contributed by atoms with Crippen molar-refractivity contribution in [3.8, 4) is 0 Å². The summed E-state index contributed by atoms with van der Waals surface area (Å²) >= 11 is 0. The van der Waals surface area contributed by atoms with Gasteiger partial charge in [-0.15, -0.1) is 0 Å². The summed E-state index contributed by atoms with van der Waals surface area (Å²) in [6, 6.07) is 29.8. The first-order valence-electron chi connectivity index (χ1n) is 10.5. The highest BCUT2D eigenvalue weighted by molar-refractivity contribution is 7.89. The minimum absolute atomic E-state index is 0.217. The molecule has 1 aliphatic heterocycles. The molecule has 3 aromatic carbocycles. The summed E-state index contributed by atoms with van der Waals surface area (Å²) < 4.78 is 28.4. The fourth-order valence-electron chi connectivity index (χ4n) is 5.07. The predicted octanol–water partition coefficient (Wildman–Crippen LogP) is 4.96. The van der Waals surface area contributed by atoms with Crippen LogP contribution >= 0.6 is 0 Å². The number of rotatable bonds is 4. The lowest BCUT2D eigenvalue weighted by Gasteiger charge is -2.38. The highest BCUT2D eigenvalue weighted by atomic mass is 32.2. The molecule has 3 nitrogen and oxygen atoms in total. The van der Waals surface area contributed by atoms with Gasteiger partial charge in [-0.1, -0.05) is 78.9 Å². The van der Waals surface area contributed by atoms with Gasteiger partial charge in [-0.05, 0) is 47.9 Å². The smallest absolute Gasteiger partial charge is 0.207 e. The van der Waals surface area contributed by atoms with Crippen molar-refractivity contribution in [2.24, 2.45) is 11.8 Å². The van der Waals surface area contributed by atoms with Gasteiger partial charge in [0.25, 0.3) is 0 Å². The summed E-state index contributed by atoms with van der Waals surface area (Å²) in [7, 11) is -3.50. The number of benzene rings is 3. The topological polar surface area (TPSA) is 37.4 Å². The minimum atomic E-state index is -3.50. The molecule has 2 aliphatic rings. The summed E-state index contributed by atoms with van der Waals surface area (Å²) in [6.07, 6.45) is 1.96. The van der Waals surface area contributed by atoms with E-state index in [2.05, 4.69) is 48.5 Å². The van der Waals surface area contributed by atoms with Crippen molar-refractivity contribution in [1.29, 1.82) is 0 Å². The van der Waals surface area contributed by atoms with Gasteiger partial charge in [0.1, 0.15) is 0 Å². The Hall–Kier alpha value is -2.43. The molecule has 0 spiro atoms. The summed E-state index contributed by atoms with van der Waals surface area (Å²) in [5.41, 5.74) is 2.50. The Morgan fingerprint density at radius 3 is 1.43 bits per heavy atom. The van der Waals surface area contributed by atoms with Crippen LogP contribution in [0.15, 0.2) is 95.9 Å². The summed E-state index contributed by atoms with van der Waals surface area (Å²) in [4.78, 5) is 0.381.